The summed E-state index contributed by atoms with van der Waals surface area (Å²) in [5, 5.41) is 1.90. The fraction of sp³-hybridized carbons (Fsp3) is 0.917. The molecule has 0 unspecified atom stereocenters. The van der Waals surface area contributed by atoms with Crippen molar-refractivity contribution < 1.29 is 18.0 Å². The Morgan fingerprint density at radius 1 is 1.10 bits per heavy atom. The number of carbonyl (C=O) groups is 1. The van der Waals surface area contributed by atoms with E-state index in [1.807, 2.05) is 5.32 Å². The number of nitrogens with one attached hydrogen (secondary N) is 1. The Kier molecular flexibility index (Phi) is 7.08. The monoisotopic (exact) mass is 296 g/mol. The summed E-state index contributed by atoms with van der Waals surface area (Å²) in [6, 6.07) is -0.634. The van der Waals surface area contributed by atoms with Crippen LogP contribution in [0.15, 0.2) is 0 Å². The van der Waals surface area contributed by atoms with Crippen LogP contribution in [0.4, 0.5) is 18.0 Å². The second-order valence-corrected chi connectivity index (χ2v) is 4.95. The van der Waals surface area contributed by atoms with E-state index in [0.29, 0.717) is 32.7 Å². The Hall–Kier alpha value is -1.02. The predicted octanol–water partition coefficient (Wildman–Crippen LogP) is 1.00. The van der Waals surface area contributed by atoms with Crippen molar-refractivity contribution in [1.82, 2.24) is 15.1 Å². The quantitative estimate of drug-likeness (QED) is 0.719. The molecule has 1 saturated heterocycles. The fourth-order valence-electron chi connectivity index (χ4n) is 2.12. The van der Waals surface area contributed by atoms with Gasteiger partial charge in [-0.05, 0) is 25.9 Å². The normalized spacial score (nSPS) is 17.3. The third-order valence-corrected chi connectivity index (χ3v) is 3.28. The van der Waals surface area contributed by atoms with Gasteiger partial charge >= 0.3 is 12.2 Å². The molecule has 3 N–H and O–H groups in total. The molecule has 0 bridgehead atoms. The van der Waals surface area contributed by atoms with Crippen LogP contribution in [-0.2, 0) is 0 Å². The van der Waals surface area contributed by atoms with Gasteiger partial charge < -0.3 is 16.0 Å². The van der Waals surface area contributed by atoms with Gasteiger partial charge in [0.25, 0.3) is 0 Å². The first-order valence-electron chi connectivity index (χ1n) is 6.94. The SMILES string of the molecule is NCCCCCN1CCN(C(=O)NCC(F)(F)F)CC1. The lowest BCUT2D eigenvalue weighted by atomic mass is 10.2. The number of amides is 2. The topological polar surface area (TPSA) is 61.6 Å². The van der Waals surface area contributed by atoms with E-state index < -0.39 is 18.8 Å². The number of hydrogen-bond donors (Lipinski definition) is 2. The van der Waals surface area contributed by atoms with Crippen molar-refractivity contribution in [3.8, 4) is 0 Å². The van der Waals surface area contributed by atoms with Crippen LogP contribution < -0.4 is 11.1 Å². The smallest absolute Gasteiger partial charge is 0.330 e. The highest BCUT2D eigenvalue weighted by Gasteiger charge is 2.29. The number of urea groups is 1. The average Bonchev–Trinajstić information content (AvgIpc) is 2.41. The minimum absolute atomic E-state index is 0.473. The molecule has 0 aromatic heterocycles. The second-order valence-electron chi connectivity index (χ2n) is 4.95. The van der Waals surface area contributed by atoms with Gasteiger partial charge in [0.1, 0.15) is 6.54 Å². The van der Waals surface area contributed by atoms with Crippen LogP contribution in [0.2, 0.25) is 0 Å². The number of unbranched alkanes of at least 4 members (excludes halogenated alkanes) is 2. The summed E-state index contributed by atoms with van der Waals surface area (Å²) in [4.78, 5) is 15.2. The summed E-state index contributed by atoms with van der Waals surface area (Å²) in [7, 11) is 0. The molecule has 0 atom stereocenters. The van der Waals surface area contributed by atoms with Crippen LogP contribution >= 0.6 is 0 Å². The van der Waals surface area contributed by atoms with E-state index in [9.17, 15) is 18.0 Å². The van der Waals surface area contributed by atoms with Crippen molar-refractivity contribution in [3.63, 3.8) is 0 Å². The van der Waals surface area contributed by atoms with E-state index in [1.165, 1.54) is 4.90 Å². The van der Waals surface area contributed by atoms with E-state index in [1.54, 1.807) is 0 Å². The molecule has 20 heavy (non-hydrogen) atoms. The van der Waals surface area contributed by atoms with Crippen LogP contribution in [0.5, 0.6) is 0 Å². The molecule has 0 aromatic rings. The van der Waals surface area contributed by atoms with Crippen molar-refractivity contribution in [2.75, 3.05) is 45.8 Å². The number of piperazine rings is 1. The van der Waals surface area contributed by atoms with Crippen LogP contribution in [0.1, 0.15) is 19.3 Å². The first kappa shape index (κ1) is 17.0. The maximum atomic E-state index is 12.0. The molecule has 1 aliphatic rings. The van der Waals surface area contributed by atoms with Gasteiger partial charge in [-0.25, -0.2) is 4.79 Å². The molecule has 0 aromatic carbocycles. The van der Waals surface area contributed by atoms with Crippen LogP contribution in [-0.4, -0.2) is 67.8 Å². The number of alkyl halides is 3. The third kappa shape index (κ3) is 6.95. The highest BCUT2D eigenvalue weighted by Crippen LogP contribution is 2.12. The highest BCUT2D eigenvalue weighted by atomic mass is 19.4. The minimum atomic E-state index is -4.36. The second kappa shape index (κ2) is 8.31. The lowest BCUT2D eigenvalue weighted by Crippen LogP contribution is -2.52. The van der Waals surface area contributed by atoms with Crippen LogP contribution in [0.3, 0.4) is 0 Å². The predicted molar refractivity (Wildman–Crippen MR) is 70.4 cm³/mol. The van der Waals surface area contributed by atoms with Gasteiger partial charge in [-0.15, -0.1) is 0 Å². The lowest BCUT2D eigenvalue weighted by molar-refractivity contribution is -0.123. The molecule has 0 spiro atoms. The number of rotatable bonds is 6. The van der Waals surface area contributed by atoms with Crippen molar-refractivity contribution in [2.45, 2.75) is 25.4 Å². The van der Waals surface area contributed by atoms with Crippen molar-refractivity contribution in [1.29, 1.82) is 0 Å². The van der Waals surface area contributed by atoms with E-state index in [-0.39, 0.29) is 0 Å². The maximum absolute atomic E-state index is 12.0. The Balaban J connectivity index is 2.16. The van der Waals surface area contributed by atoms with Gasteiger partial charge in [0, 0.05) is 26.2 Å². The molecular weight excluding hydrogens is 273 g/mol. The van der Waals surface area contributed by atoms with E-state index in [2.05, 4.69) is 4.90 Å². The average molecular weight is 296 g/mol. The molecule has 8 heteroatoms. The fourth-order valence-corrected chi connectivity index (χ4v) is 2.12. The summed E-state index contributed by atoms with van der Waals surface area (Å²) in [6.45, 7) is 2.75. The molecule has 0 aliphatic carbocycles. The minimum Gasteiger partial charge on any atom is -0.330 e. The van der Waals surface area contributed by atoms with E-state index >= 15 is 0 Å². The highest BCUT2D eigenvalue weighted by molar-refractivity contribution is 5.74. The Morgan fingerprint density at radius 3 is 2.30 bits per heavy atom. The molecule has 2 amide bonds. The molecule has 0 radical (unpaired) electrons. The third-order valence-electron chi connectivity index (χ3n) is 3.28. The van der Waals surface area contributed by atoms with E-state index in [0.717, 1.165) is 25.8 Å². The first-order valence-corrected chi connectivity index (χ1v) is 6.94. The molecule has 1 fully saturated rings. The molecule has 5 nitrogen and oxygen atoms in total. The van der Waals surface area contributed by atoms with Crippen molar-refractivity contribution in [3.05, 3.63) is 0 Å². The Labute approximate surface area is 117 Å². The van der Waals surface area contributed by atoms with Gasteiger partial charge in [-0.3, -0.25) is 4.90 Å². The molecule has 1 aliphatic heterocycles. The van der Waals surface area contributed by atoms with Crippen LogP contribution in [0.25, 0.3) is 0 Å². The number of nitrogens with zero attached hydrogens (tertiary/aromatic N) is 2. The van der Waals surface area contributed by atoms with Gasteiger partial charge in [0.15, 0.2) is 0 Å². The zero-order valence-electron chi connectivity index (χ0n) is 11.6. The summed E-state index contributed by atoms with van der Waals surface area (Å²) in [6.07, 6.45) is -1.19. The van der Waals surface area contributed by atoms with Crippen molar-refractivity contribution in [2.24, 2.45) is 5.73 Å². The molecular formula is C12H23F3N4O. The number of halogens is 3. The van der Waals surface area contributed by atoms with Gasteiger partial charge in [-0.1, -0.05) is 6.42 Å². The number of carbonyl (C=O) groups excluding carboxylic acids is 1. The first-order chi connectivity index (χ1) is 9.42. The lowest BCUT2D eigenvalue weighted by Gasteiger charge is -2.34. The molecule has 1 rings (SSSR count). The largest absolute Gasteiger partial charge is 0.405 e. The number of hydrogen-bond acceptors (Lipinski definition) is 3. The summed E-state index contributed by atoms with van der Waals surface area (Å²) < 4.78 is 36.0. The Morgan fingerprint density at radius 2 is 1.75 bits per heavy atom. The molecule has 118 valence electrons. The standard InChI is InChI=1S/C12H23F3N4O/c13-12(14,15)10-17-11(20)19-8-6-18(7-9-19)5-3-1-2-4-16/h1-10,16H2,(H,17,20). The van der Waals surface area contributed by atoms with Gasteiger partial charge in [0.05, 0.1) is 0 Å². The van der Waals surface area contributed by atoms with Gasteiger partial charge in [-0.2, -0.15) is 13.2 Å². The molecule has 0 saturated carbocycles. The number of nitrogens with two attached hydrogens (primary N) is 1. The zero-order valence-corrected chi connectivity index (χ0v) is 11.6. The molecule has 1 heterocycles. The summed E-state index contributed by atoms with van der Waals surface area (Å²) >= 11 is 0. The van der Waals surface area contributed by atoms with Crippen LogP contribution in [0, 0.1) is 0 Å². The maximum Gasteiger partial charge on any atom is 0.405 e. The zero-order chi connectivity index (χ0) is 15.0. The van der Waals surface area contributed by atoms with E-state index in [4.69, 9.17) is 5.73 Å². The van der Waals surface area contributed by atoms with Gasteiger partial charge in [0.2, 0.25) is 0 Å². The Bertz CT molecular complexity index is 291. The summed E-state index contributed by atoms with van der Waals surface area (Å²) in [5.74, 6) is 0. The van der Waals surface area contributed by atoms with Crippen molar-refractivity contribution >= 4 is 6.03 Å². The summed E-state index contributed by atoms with van der Waals surface area (Å²) in [5.41, 5.74) is 5.41.